The van der Waals surface area contributed by atoms with E-state index in [0.717, 1.165) is 0 Å². The highest BCUT2D eigenvalue weighted by molar-refractivity contribution is 9.10. The molecule has 0 saturated carbocycles. The third-order valence-electron chi connectivity index (χ3n) is 2.93. The summed E-state index contributed by atoms with van der Waals surface area (Å²) >= 11 is 3.22. The third kappa shape index (κ3) is 3.52. The summed E-state index contributed by atoms with van der Waals surface area (Å²) in [5, 5.41) is 0. The molecule has 19 heavy (non-hydrogen) atoms. The highest BCUT2D eigenvalue weighted by Gasteiger charge is 2.27. The third-order valence-corrected chi connectivity index (χ3v) is 4.67. The summed E-state index contributed by atoms with van der Waals surface area (Å²) in [4.78, 5) is 17.9. The van der Waals surface area contributed by atoms with Crippen molar-refractivity contribution in [1.29, 1.82) is 0 Å². The van der Waals surface area contributed by atoms with Crippen molar-refractivity contribution >= 4 is 31.9 Å². The number of amides is 1. The molecule has 1 saturated heterocycles. The predicted molar refractivity (Wildman–Crippen MR) is 74.3 cm³/mol. The van der Waals surface area contributed by atoms with E-state index in [0.29, 0.717) is 36.5 Å². The Hall–Kier alpha value is -0.990. The van der Waals surface area contributed by atoms with Crippen molar-refractivity contribution in [1.82, 2.24) is 14.2 Å². The van der Waals surface area contributed by atoms with Crippen molar-refractivity contribution in [2.45, 2.75) is 0 Å². The molecule has 2 heterocycles. The first-order chi connectivity index (χ1) is 8.88. The summed E-state index contributed by atoms with van der Waals surface area (Å²) in [6.07, 6.45) is 1.18. The Morgan fingerprint density at radius 2 is 1.89 bits per heavy atom. The quantitative estimate of drug-likeness (QED) is 0.733. The molecule has 1 aromatic rings. The molecule has 8 heteroatoms. The number of hydrogen-bond acceptors (Lipinski definition) is 4. The highest BCUT2D eigenvalue weighted by Crippen LogP contribution is 2.12. The van der Waals surface area contributed by atoms with Crippen molar-refractivity contribution in [3.8, 4) is 0 Å². The molecule has 104 valence electrons. The second-order valence-corrected chi connectivity index (χ2v) is 7.09. The minimum atomic E-state index is -3.17. The van der Waals surface area contributed by atoms with Crippen molar-refractivity contribution in [3.05, 3.63) is 28.5 Å². The molecule has 1 fully saturated rings. The van der Waals surface area contributed by atoms with Crippen LogP contribution in [0.25, 0.3) is 0 Å². The summed E-state index contributed by atoms with van der Waals surface area (Å²) in [5.74, 6) is -0.172. The number of piperazine rings is 1. The first kappa shape index (κ1) is 14.4. The maximum atomic E-state index is 12.2. The second-order valence-electron chi connectivity index (χ2n) is 4.30. The molecule has 1 aliphatic rings. The first-order valence-electron chi connectivity index (χ1n) is 5.75. The smallest absolute Gasteiger partial charge is 0.272 e. The molecule has 0 atom stereocenters. The van der Waals surface area contributed by atoms with Gasteiger partial charge in [0, 0.05) is 26.2 Å². The number of hydrogen-bond donors (Lipinski definition) is 0. The van der Waals surface area contributed by atoms with Gasteiger partial charge in [-0.3, -0.25) is 4.79 Å². The number of nitrogens with zero attached hydrogens (tertiary/aromatic N) is 3. The molecule has 0 bridgehead atoms. The van der Waals surface area contributed by atoms with Crippen LogP contribution in [0.1, 0.15) is 10.5 Å². The van der Waals surface area contributed by atoms with Crippen LogP contribution < -0.4 is 0 Å². The maximum Gasteiger partial charge on any atom is 0.272 e. The van der Waals surface area contributed by atoms with Gasteiger partial charge < -0.3 is 4.90 Å². The second kappa shape index (κ2) is 5.56. The lowest BCUT2D eigenvalue weighted by Crippen LogP contribution is -2.50. The molecule has 0 spiro atoms. The molecule has 1 aromatic heterocycles. The summed E-state index contributed by atoms with van der Waals surface area (Å²) in [7, 11) is -3.17. The van der Waals surface area contributed by atoms with Crippen molar-refractivity contribution in [3.63, 3.8) is 0 Å². The van der Waals surface area contributed by atoms with Crippen molar-refractivity contribution in [2.24, 2.45) is 0 Å². The molecule has 0 N–H and O–H groups in total. The Morgan fingerprint density at radius 3 is 2.42 bits per heavy atom. The molecular weight excluding hydrogens is 334 g/mol. The van der Waals surface area contributed by atoms with Gasteiger partial charge in [0.1, 0.15) is 10.3 Å². The molecule has 1 aliphatic heterocycles. The number of pyridine rings is 1. The zero-order valence-electron chi connectivity index (χ0n) is 10.4. The van der Waals surface area contributed by atoms with E-state index in [1.165, 1.54) is 10.6 Å². The molecule has 1 amide bonds. The zero-order chi connectivity index (χ0) is 14.0. The SMILES string of the molecule is CS(=O)(=O)N1CCN(C(=O)c2cccc(Br)n2)CC1. The van der Waals surface area contributed by atoms with Crippen LogP contribution in [0.2, 0.25) is 0 Å². The maximum absolute atomic E-state index is 12.2. The Kier molecular flexibility index (Phi) is 4.22. The Morgan fingerprint density at radius 1 is 1.26 bits per heavy atom. The van der Waals surface area contributed by atoms with E-state index in [-0.39, 0.29) is 5.91 Å². The van der Waals surface area contributed by atoms with E-state index in [1.807, 2.05) is 0 Å². The largest absolute Gasteiger partial charge is 0.335 e. The fourth-order valence-corrected chi connectivity index (χ4v) is 3.08. The van der Waals surface area contributed by atoms with Crippen molar-refractivity contribution in [2.75, 3.05) is 32.4 Å². The standard InChI is InChI=1S/C11H14BrN3O3S/c1-19(17,18)15-7-5-14(6-8-15)11(16)9-3-2-4-10(12)13-9/h2-4H,5-8H2,1H3. The Balaban J connectivity index is 2.04. The molecule has 0 radical (unpaired) electrons. The first-order valence-corrected chi connectivity index (χ1v) is 8.39. The van der Waals surface area contributed by atoms with Gasteiger partial charge in [-0.15, -0.1) is 0 Å². The van der Waals surface area contributed by atoms with Crippen LogP contribution in [0.5, 0.6) is 0 Å². The van der Waals surface area contributed by atoms with Crippen LogP contribution in [0.15, 0.2) is 22.8 Å². The van der Waals surface area contributed by atoms with E-state index in [9.17, 15) is 13.2 Å². The molecule has 0 unspecified atom stereocenters. The Bertz CT molecular complexity index is 583. The minimum Gasteiger partial charge on any atom is -0.335 e. The van der Waals surface area contributed by atoms with E-state index >= 15 is 0 Å². The molecular formula is C11H14BrN3O3S. The number of rotatable bonds is 2. The monoisotopic (exact) mass is 347 g/mol. The van der Waals surface area contributed by atoms with Gasteiger partial charge in [0.05, 0.1) is 6.26 Å². The summed E-state index contributed by atoms with van der Waals surface area (Å²) in [6.45, 7) is 1.44. The van der Waals surface area contributed by atoms with Gasteiger partial charge >= 0.3 is 0 Å². The highest BCUT2D eigenvalue weighted by atomic mass is 79.9. The van der Waals surface area contributed by atoms with Crippen LogP contribution in [0.3, 0.4) is 0 Å². The van der Waals surface area contributed by atoms with Gasteiger partial charge in [-0.2, -0.15) is 4.31 Å². The number of carbonyl (C=O) groups is 1. The number of halogens is 1. The van der Waals surface area contributed by atoms with E-state index in [1.54, 1.807) is 23.1 Å². The average molecular weight is 348 g/mol. The fraction of sp³-hybridized carbons (Fsp3) is 0.455. The number of sulfonamides is 1. The van der Waals surface area contributed by atoms with Gasteiger partial charge in [0.2, 0.25) is 10.0 Å². The van der Waals surface area contributed by atoms with E-state index in [4.69, 9.17) is 0 Å². The van der Waals surface area contributed by atoms with Gasteiger partial charge in [0.15, 0.2) is 0 Å². The molecule has 0 aromatic carbocycles. The lowest BCUT2D eigenvalue weighted by atomic mass is 10.3. The number of aromatic nitrogens is 1. The molecule has 0 aliphatic carbocycles. The van der Waals surface area contributed by atoms with Crippen LogP contribution in [-0.2, 0) is 10.0 Å². The van der Waals surface area contributed by atoms with Crippen molar-refractivity contribution < 1.29 is 13.2 Å². The lowest BCUT2D eigenvalue weighted by Gasteiger charge is -2.33. The normalized spacial score (nSPS) is 17.5. The van der Waals surface area contributed by atoms with Crippen LogP contribution in [-0.4, -0.2) is 60.9 Å². The minimum absolute atomic E-state index is 0.172. The summed E-state index contributed by atoms with van der Waals surface area (Å²) in [5.41, 5.74) is 0.363. The van der Waals surface area contributed by atoms with Gasteiger partial charge in [-0.25, -0.2) is 13.4 Å². The lowest BCUT2D eigenvalue weighted by molar-refractivity contribution is 0.0692. The summed E-state index contributed by atoms with van der Waals surface area (Å²) in [6, 6.07) is 5.14. The Labute approximate surface area is 120 Å². The zero-order valence-corrected chi connectivity index (χ0v) is 12.8. The van der Waals surface area contributed by atoms with Gasteiger partial charge in [-0.1, -0.05) is 6.07 Å². The fourth-order valence-electron chi connectivity index (χ4n) is 1.91. The molecule has 2 rings (SSSR count). The van der Waals surface area contributed by atoms with Crippen LogP contribution >= 0.6 is 15.9 Å². The van der Waals surface area contributed by atoms with E-state index in [2.05, 4.69) is 20.9 Å². The average Bonchev–Trinajstić information content (AvgIpc) is 2.37. The predicted octanol–water partition coefficient (Wildman–Crippen LogP) is 0.561. The summed E-state index contributed by atoms with van der Waals surface area (Å²) < 4.78 is 24.7. The topological polar surface area (TPSA) is 70.6 Å². The van der Waals surface area contributed by atoms with Crippen LogP contribution in [0, 0.1) is 0 Å². The number of carbonyl (C=O) groups excluding carboxylic acids is 1. The molecule has 6 nitrogen and oxygen atoms in total. The van der Waals surface area contributed by atoms with Gasteiger partial charge in [0.25, 0.3) is 5.91 Å². The van der Waals surface area contributed by atoms with E-state index < -0.39 is 10.0 Å². The van der Waals surface area contributed by atoms with Crippen LogP contribution in [0.4, 0.5) is 0 Å². The van der Waals surface area contributed by atoms with Gasteiger partial charge in [-0.05, 0) is 28.1 Å².